The lowest BCUT2D eigenvalue weighted by molar-refractivity contribution is -0.161. The number of hydrogen-bond acceptors (Lipinski definition) is 8. The number of phosphoric ester groups is 1. The van der Waals surface area contributed by atoms with Gasteiger partial charge in [0.1, 0.15) is 6.61 Å². The highest BCUT2D eigenvalue weighted by Gasteiger charge is 2.25. The third-order valence-electron chi connectivity index (χ3n) is 7.21. The second kappa shape index (κ2) is 33.9. The summed E-state index contributed by atoms with van der Waals surface area (Å²) >= 11 is 0. The van der Waals surface area contributed by atoms with Crippen LogP contribution in [-0.2, 0) is 32.7 Å². The van der Waals surface area contributed by atoms with Crippen LogP contribution < -0.4 is 5.73 Å². The van der Waals surface area contributed by atoms with E-state index < -0.39 is 32.5 Å². The van der Waals surface area contributed by atoms with Gasteiger partial charge >= 0.3 is 19.8 Å². The van der Waals surface area contributed by atoms with Crippen molar-refractivity contribution in [2.75, 3.05) is 26.4 Å². The van der Waals surface area contributed by atoms with Gasteiger partial charge in [-0.1, -0.05) is 127 Å². The Morgan fingerprint density at radius 2 is 1.11 bits per heavy atom. The molecular weight excluding hydrogens is 617 g/mol. The molecule has 47 heavy (non-hydrogen) atoms. The number of ether oxygens (including phenoxy) is 2. The zero-order valence-electron chi connectivity index (χ0n) is 29.5. The first-order valence-electron chi connectivity index (χ1n) is 18.1. The third kappa shape index (κ3) is 33.7. The first-order chi connectivity index (χ1) is 22.8. The average molecular weight is 684 g/mol. The summed E-state index contributed by atoms with van der Waals surface area (Å²) in [4.78, 5) is 34.5. The summed E-state index contributed by atoms with van der Waals surface area (Å²) < 4.78 is 32.4. The number of carbonyl (C=O) groups excluding carboxylic acids is 2. The summed E-state index contributed by atoms with van der Waals surface area (Å²) in [7, 11) is -4.39. The molecule has 0 aromatic rings. The molecule has 0 aromatic heterocycles. The third-order valence-corrected chi connectivity index (χ3v) is 8.20. The van der Waals surface area contributed by atoms with Crippen molar-refractivity contribution < 1.29 is 37.6 Å². The van der Waals surface area contributed by atoms with E-state index in [1.807, 2.05) is 24.3 Å². The standard InChI is InChI=1S/C37H66NO8P/c1-3-5-7-9-11-13-15-17-19-21-23-25-27-29-36(39)43-33-35(34-45-47(41,42)44-32-31-38)46-37(40)30-28-26-24-22-20-18-16-14-12-10-8-6-4-2/h17-20,23-26,35H,3-16,21-22,27-34,38H2,1-2H3,(H,41,42)/b19-17+,20-18+,25-23+,26-24+. The Morgan fingerprint density at radius 3 is 1.62 bits per heavy atom. The number of phosphoric acid groups is 1. The van der Waals surface area contributed by atoms with Gasteiger partial charge in [0.25, 0.3) is 0 Å². The highest BCUT2D eigenvalue weighted by Crippen LogP contribution is 2.43. The fourth-order valence-electron chi connectivity index (χ4n) is 4.50. The average Bonchev–Trinajstić information content (AvgIpc) is 3.05. The topological polar surface area (TPSA) is 134 Å². The molecule has 0 amide bonds. The Labute approximate surface area is 286 Å². The summed E-state index contributed by atoms with van der Waals surface area (Å²) in [6, 6.07) is 0. The van der Waals surface area contributed by atoms with Crippen LogP contribution in [0.1, 0.15) is 142 Å². The van der Waals surface area contributed by atoms with E-state index in [9.17, 15) is 19.0 Å². The van der Waals surface area contributed by atoms with E-state index in [-0.39, 0.29) is 32.6 Å². The molecule has 2 atom stereocenters. The highest BCUT2D eigenvalue weighted by molar-refractivity contribution is 7.47. The number of allylic oxidation sites excluding steroid dienone is 8. The maximum absolute atomic E-state index is 12.4. The molecule has 0 bridgehead atoms. The summed E-state index contributed by atoms with van der Waals surface area (Å²) in [6.45, 7) is 3.55. The van der Waals surface area contributed by atoms with E-state index in [0.717, 1.165) is 25.7 Å². The molecule has 9 nitrogen and oxygen atoms in total. The zero-order valence-corrected chi connectivity index (χ0v) is 30.4. The van der Waals surface area contributed by atoms with Crippen LogP contribution in [0, 0.1) is 0 Å². The van der Waals surface area contributed by atoms with Crippen molar-refractivity contribution in [1.82, 2.24) is 0 Å². The van der Waals surface area contributed by atoms with Crippen molar-refractivity contribution in [3.8, 4) is 0 Å². The van der Waals surface area contributed by atoms with E-state index in [0.29, 0.717) is 12.8 Å². The lowest BCUT2D eigenvalue weighted by Gasteiger charge is -2.19. The summed E-state index contributed by atoms with van der Waals surface area (Å²) in [6.07, 6.45) is 36.0. The minimum Gasteiger partial charge on any atom is -0.462 e. The molecule has 0 rings (SSSR count). The van der Waals surface area contributed by atoms with Gasteiger partial charge in [-0.3, -0.25) is 18.6 Å². The fraction of sp³-hybridized carbons (Fsp3) is 0.730. The van der Waals surface area contributed by atoms with Gasteiger partial charge in [-0.25, -0.2) is 4.57 Å². The molecule has 2 unspecified atom stereocenters. The zero-order chi connectivity index (χ0) is 34.7. The van der Waals surface area contributed by atoms with Crippen molar-refractivity contribution in [2.45, 2.75) is 148 Å². The number of esters is 2. The quantitative estimate of drug-likeness (QED) is 0.0300. The Bertz CT molecular complexity index is 918. The van der Waals surface area contributed by atoms with Gasteiger partial charge < -0.3 is 20.1 Å². The molecule has 0 spiro atoms. The van der Waals surface area contributed by atoms with E-state index in [1.165, 1.54) is 77.0 Å². The van der Waals surface area contributed by atoms with Crippen molar-refractivity contribution >= 4 is 19.8 Å². The minimum absolute atomic E-state index is 0.0380. The van der Waals surface area contributed by atoms with Crippen LogP contribution in [0.5, 0.6) is 0 Å². The first-order valence-corrected chi connectivity index (χ1v) is 19.6. The van der Waals surface area contributed by atoms with Crippen molar-refractivity contribution in [3.63, 3.8) is 0 Å². The van der Waals surface area contributed by atoms with Gasteiger partial charge in [0, 0.05) is 19.4 Å². The van der Waals surface area contributed by atoms with Crippen LogP contribution in [0.25, 0.3) is 0 Å². The molecule has 0 saturated carbocycles. The number of unbranched alkanes of at least 4 members (excludes halogenated alkanes) is 12. The molecule has 0 aromatic carbocycles. The Hall–Kier alpha value is -2.03. The number of nitrogens with two attached hydrogens (primary N) is 1. The van der Waals surface area contributed by atoms with Gasteiger partial charge in [-0.15, -0.1) is 0 Å². The Balaban J connectivity index is 4.43. The molecule has 0 aliphatic carbocycles. The van der Waals surface area contributed by atoms with E-state index in [1.54, 1.807) is 0 Å². The lowest BCUT2D eigenvalue weighted by atomic mass is 10.1. The SMILES string of the molecule is CCCCCCCC/C=C/C/C=C/CCC(=O)OCC(COP(=O)(O)OCCN)OC(=O)CC/C=C/C/C=C/CCCCCCCC. The van der Waals surface area contributed by atoms with Gasteiger partial charge in [-0.2, -0.15) is 0 Å². The van der Waals surface area contributed by atoms with Crippen molar-refractivity contribution in [2.24, 2.45) is 5.73 Å². The maximum Gasteiger partial charge on any atom is 0.472 e. The molecule has 10 heteroatoms. The van der Waals surface area contributed by atoms with Crippen LogP contribution >= 0.6 is 7.82 Å². The minimum atomic E-state index is -4.39. The summed E-state index contributed by atoms with van der Waals surface area (Å²) in [5.41, 5.74) is 5.31. The Morgan fingerprint density at radius 1 is 0.638 bits per heavy atom. The van der Waals surface area contributed by atoms with E-state index in [2.05, 4.69) is 38.2 Å². The van der Waals surface area contributed by atoms with Crippen LogP contribution in [0.3, 0.4) is 0 Å². The second-order valence-corrected chi connectivity index (χ2v) is 13.2. The fourth-order valence-corrected chi connectivity index (χ4v) is 5.27. The van der Waals surface area contributed by atoms with Gasteiger partial charge in [0.05, 0.1) is 13.2 Å². The smallest absolute Gasteiger partial charge is 0.462 e. The largest absolute Gasteiger partial charge is 0.472 e. The highest BCUT2D eigenvalue weighted by atomic mass is 31.2. The molecule has 3 N–H and O–H groups in total. The van der Waals surface area contributed by atoms with E-state index >= 15 is 0 Å². The summed E-state index contributed by atoms with van der Waals surface area (Å²) in [5, 5.41) is 0. The molecule has 0 saturated heterocycles. The first kappa shape index (κ1) is 45.0. The molecule has 0 aliphatic heterocycles. The molecule has 0 aliphatic rings. The van der Waals surface area contributed by atoms with Gasteiger partial charge in [0.15, 0.2) is 6.10 Å². The molecule has 272 valence electrons. The van der Waals surface area contributed by atoms with Crippen molar-refractivity contribution in [1.29, 1.82) is 0 Å². The van der Waals surface area contributed by atoms with Gasteiger partial charge in [-0.05, 0) is 51.4 Å². The second-order valence-electron chi connectivity index (χ2n) is 11.7. The van der Waals surface area contributed by atoms with Crippen LogP contribution in [-0.4, -0.2) is 49.3 Å². The van der Waals surface area contributed by atoms with Crippen LogP contribution in [0.15, 0.2) is 48.6 Å². The molecular formula is C37H66NO8P. The molecule has 0 fully saturated rings. The van der Waals surface area contributed by atoms with Crippen LogP contribution in [0.4, 0.5) is 0 Å². The predicted octanol–water partition coefficient (Wildman–Crippen LogP) is 9.60. The lowest BCUT2D eigenvalue weighted by Crippen LogP contribution is -2.29. The number of rotatable bonds is 33. The number of carbonyl (C=O) groups is 2. The van der Waals surface area contributed by atoms with Gasteiger partial charge in [0.2, 0.25) is 0 Å². The normalized spacial score (nSPS) is 14.0. The Kier molecular flexibility index (Phi) is 32.4. The molecule has 0 radical (unpaired) electrons. The summed E-state index contributed by atoms with van der Waals surface area (Å²) in [5.74, 6) is -0.991. The maximum atomic E-state index is 12.4. The number of hydrogen-bond donors (Lipinski definition) is 2. The predicted molar refractivity (Wildman–Crippen MR) is 192 cm³/mol. The monoisotopic (exact) mass is 683 g/mol. The molecule has 0 heterocycles. The van der Waals surface area contributed by atoms with Crippen molar-refractivity contribution in [3.05, 3.63) is 48.6 Å². The van der Waals surface area contributed by atoms with Crippen LogP contribution in [0.2, 0.25) is 0 Å². The van der Waals surface area contributed by atoms with E-state index in [4.69, 9.17) is 24.3 Å².